The SMILES string of the molecule is O=C(Nc1nc2ccccc2n1-c1ccccc1)c1nc(Cl)ccc1Cl. The number of carbonyl (C=O) groups is 1. The van der Waals surface area contributed by atoms with E-state index in [9.17, 15) is 4.79 Å². The van der Waals surface area contributed by atoms with E-state index in [4.69, 9.17) is 23.2 Å². The minimum Gasteiger partial charge on any atom is -0.290 e. The Labute approximate surface area is 159 Å². The minimum atomic E-state index is -0.481. The molecule has 2 aromatic heterocycles. The molecule has 0 fully saturated rings. The molecule has 0 spiro atoms. The first-order valence-electron chi connectivity index (χ1n) is 7.80. The van der Waals surface area contributed by atoms with Gasteiger partial charge in [0.05, 0.1) is 16.1 Å². The summed E-state index contributed by atoms with van der Waals surface area (Å²) in [6.45, 7) is 0. The quantitative estimate of drug-likeness (QED) is 0.508. The van der Waals surface area contributed by atoms with Crippen molar-refractivity contribution in [3.63, 3.8) is 0 Å². The summed E-state index contributed by atoms with van der Waals surface area (Å²) >= 11 is 12.0. The highest BCUT2D eigenvalue weighted by molar-refractivity contribution is 6.35. The van der Waals surface area contributed by atoms with Crippen molar-refractivity contribution < 1.29 is 4.79 Å². The number of rotatable bonds is 3. The maximum Gasteiger partial charge on any atom is 0.278 e. The third kappa shape index (κ3) is 3.03. The molecule has 0 aliphatic carbocycles. The predicted molar refractivity (Wildman–Crippen MR) is 103 cm³/mol. The number of carbonyl (C=O) groups excluding carboxylic acids is 1. The lowest BCUT2D eigenvalue weighted by Gasteiger charge is -2.10. The molecule has 5 nitrogen and oxygen atoms in total. The van der Waals surface area contributed by atoms with Crippen molar-refractivity contribution >= 4 is 46.1 Å². The van der Waals surface area contributed by atoms with Crippen molar-refractivity contribution in [2.24, 2.45) is 0 Å². The van der Waals surface area contributed by atoms with Crippen molar-refractivity contribution in [3.8, 4) is 5.69 Å². The number of fused-ring (bicyclic) bond motifs is 1. The number of anilines is 1. The first-order chi connectivity index (χ1) is 12.6. The van der Waals surface area contributed by atoms with E-state index in [1.54, 1.807) is 0 Å². The number of halogens is 2. The largest absolute Gasteiger partial charge is 0.290 e. The number of hydrogen-bond acceptors (Lipinski definition) is 3. The molecule has 0 atom stereocenters. The topological polar surface area (TPSA) is 59.8 Å². The van der Waals surface area contributed by atoms with Gasteiger partial charge in [-0.2, -0.15) is 0 Å². The molecule has 26 heavy (non-hydrogen) atoms. The van der Waals surface area contributed by atoms with Crippen LogP contribution >= 0.6 is 23.2 Å². The fourth-order valence-corrected chi connectivity index (χ4v) is 3.03. The van der Waals surface area contributed by atoms with Crippen LogP contribution in [0.2, 0.25) is 10.2 Å². The van der Waals surface area contributed by atoms with Gasteiger partial charge < -0.3 is 0 Å². The predicted octanol–water partition coefficient (Wildman–Crippen LogP) is 4.98. The molecule has 7 heteroatoms. The number of imidazole rings is 1. The Morgan fingerprint density at radius 3 is 2.42 bits per heavy atom. The fourth-order valence-electron chi connectivity index (χ4n) is 2.69. The van der Waals surface area contributed by atoms with Crippen LogP contribution in [-0.2, 0) is 0 Å². The van der Waals surface area contributed by atoms with E-state index in [2.05, 4.69) is 15.3 Å². The van der Waals surface area contributed by atoms with Crippen LogP contribution in [0.3, 0.4) is 0 Å². The van der Waals surface area contributed by atoms with Crippen LogP contribution in [0.25, 0.3) is 16.7 Å². The zero-order valence-electron chi connectivity index (χ0n) is 13.4. The molecule has 2 heterocycles. The van der Waals surface area contributed by atoms with Gasteiger partial charge in [0.25, 0.3) is 5.91 Å². The smallest absolute Gasteiger partial charge is 0.278 e. The third-order valence-corrected chi connectivity index (χ3v) is 4.34. The van der Waals surface area contributed by atoms with Gasteiger partial charge in [0.2, 0.25) is 5.95 Å². The van der Waals surface area contributed by atoms with Crippen LogP contribution < -0.4 is 5.32 Å². The standard InChI is InChI=1S/C19H12Cl2N4O/c20-13-10-11-16(21)23-17(13)18(26)24-19-22-14-8-4-5-9-15(14)25(19)12-6-2-1-3-7-12/h1-11H,(H,22,24,26). The van der Waals surface area contributed by atoms with Gasteiger partial charge in [-0.15, -0.1) is 0 Å². The van der Waals surface area contributed by atoms with Gasteiger partial charge in [-0.25, -0.2) is 9.97 Å². The Morgan fingerprint density at radius 1 is 0.885 bits per heavy atom. The maximum atomic E-state index is 12.7. The van der Waals surface area contributed by atoms with E-state index in [1.165, 1.54) is 12.1 Å². The summed E-state index contributed by atoms with van der Waals surface area (Å²) in [5.41, 5.74) is 2.56. The first-order valence-corrected chi connectivity index (χ1v) is 8.55. The summed E-state index contributed by atoms with van der Waals surface area (Å²) in [5, 5.41) is 3.20. The van der Waals surface area contributed by atoms with Crippen LogP contribution in [0, 0.1) is 0 Å². The lowest BCUT2D eigenvalue weighted by atomic mass is 10.3. The minimum absolute atomic E-state index is 0.0471. The highest BCUT2D eigenvalue weighted by atomic mass is 35.5. The Hall–Kier alpha value is -2.89. The molecule has 4 rings (SSSR count). The van der Waals surface area contributed by atoms with Gasteiger partial charge in [-0.05, 0) is 36.4 Å². The first kappa shape index (κ1) is 16.6. The lowest BCUT2D eigenvalue weighted by molar-refractivity contribution is 0.102. The van der Waals surface area contributed by atoms with E-state index in [1.807, 2.05) is 59.2 Å². The molecule has 1 N–H and O–H groups in total. The van der Waals surface area contributed by atoms with Gasteiger partial charge in [0.1, 0.15) is 10.8 Å². The number of pyridine rings is 1. The van der Waals surface area contributed by atoms with Crippen LogP contribution in [0.15, 0.2) is 66.7 Å². The van der Waals surface area contributed by atoms with Crippen molar-refractivity contribution in [2.45, 2.75) is 0 Å². The lowest BCUT2D eigenvalue weighted by Crippen LogP contribution is -2.17. The molecule has 0 saturated carbocycles. The summed E-state index contributed by atoms with van der Waals surface area (Å²) in [5.74, 6) is -0.106. The monoisotopic (exact) mass is 382 g/mol. The van der Waals surface area contributed by atoms with Crippen LogP contribution in [-0.4, -0.2) is 20.4 Å². The second-order valence-electron chi connectivity index (χ2n) is 5.51. The summed E-state index contributed by atoms with van der Waals surface area (Å²) in [6, 6.07) is 20.3. The number of para-hydroxylation sites is 3. The molecule has 0 aliphatic heterocycles. The molecule has 0 aliphatic rings. The molecule has 0 unspecified atom stereocenters. The van der Waals surface area contributed by atoms with E-state index in [0.717, 1.165) is 16.7 Å². The number of nitrogens with zero attached hydrogens (tertiary/aromatic N) is 3. The number of nitrogens with one attached hydrogen (secondary N) is 1. The Bertz CT molecular complexity index is 1110. The van der Waals surface area contributed by atoms with E-state index < -0.39 is 5.91 Å². The number of amides is 1. The average molecular weight is 383 g/mol. The highest BCUT2D eigenvalue weighted by Gasteiger charge is 2.18. The summed E-state index contributed by atoms with van der Waals surface area (Å²) in [6.07, 6.45) is 0. The van der Waals surface area contributed by atoms with Crippen LogP contribution in [0.4, 0.5) is 5.95 Å². The molecule has 1 amide bonds. The van der Waals surface area contributed by atoms with Gasteiger partial charge in [0, 0.05) is 5.69 Å². The second kappa shape index (κ2) is 6.78. The summed E-state index contributed by atoms with van der Waals surface area (Å²) in [4.78, 5) is 21.2. The molecule has 0 bridgehead atoms. The average Bonchev–Trinajstić information content (AvgIpc) is 3.02. The van der Waals surface area contributed by atoms with Crippen LogP contribution in [0.1, 0.15) is 10.5 Å². The normalized spacial score (nSPS) is 10.8. The van der Waals surface area contributed by atoms with Crippen LogP contribution in [0.5, 0.6) is 0 Å². The van der Waals surface area contributed by atoms with Crippen molar-refractivity contribution in [3.05, 3.63) is 82.6 Å². The Morgan fingerprint density at radius 2 is 1.62 bits per heavy atom. The van der Waals surface area contributed by atoms with Crippen molar-refractivity contribution in [1.29, 1.82) is 0 Å². The summed E-state index contributed by atoms with van der Waals surface area (Å²) in [7, 11) is 0. The van der Waals surface area contributed by atoms with Crippen molar-refractivity contribution in [1.82, 2.24) is 14.5 Å². The molecule has 128 valence electrons. The molecular formula is C19H12Cl2N4O. The number of hydrogen-bond donors (Lipinski definition) is 1. The van der Waals surface area contributed by atoms with E-state index in [0.29, 0.717) is 5.95 Å². The Balaban J connectivity index is 1.82. The molecular weight excluding hydrogens is 371 g/mol. The molecule has 2 aromatic carbocycles. The molecule has 4 aromatic rings. The Kier molecular flexibility index (Phi) is 4.32. The zero-order valence-corrected chi connectivity index (χ0v) is 14.9. The zero-order chi connectivity index (χ0) is 18.1. The third-order valence-electron chi connectivity index (χ3n) is 3.83. The fraction of sp³-hybridized carbons (Fsp3) is 0. The van der Waals surface area contributed by atoms with E-state index >= 15 is 0 Å². The van der Waals surface area contributed by atoms with Crippen molar-refractivity contribution in [2.75, 3.05) is 5.32 Å². The van der Waals surface area contributed by atoms with Gasteiger partial charge in [-0.1, -0.05) is 53.5 Å². The molecule has 0 radical (unpaired) electrons. The number of aromatic nitrogens is 3. The van der Waals surface area contributed by atoms with E-state index in [-0.39, 0.29) is 15.9 Å². The van der Waals surface area contributed by atoms with Gasteiger partial charge in [0.15, 0.2) is 0 Å². The maximum absolute atomic E-state index is 12.7. The highest BCUT2D eigenvalue weighted by Crippen LogP contribution is 2.25. The second-order valence-corrected chi connectivity index (χ2v) is 6.31. The summed E-state index contributed by atoms with van der Waals surface area (Å²) < 4.78 is 1.87. The van der Waals surface area contributed by atoms with Gasteiger partial charge in [-0.3, -0.25) is 14.7 Å². The van der Waals surface area contributed by atoms with Gasteiger partial charge >= 0.3 is 0 Å². The number of benzene rings is 2. The molecule has 0 saturated heterocycles.